The number of benzene rings is 1. The van der Waals surface area contributed by atoms with Crippen LogP contribution in [0.2, 0.25) is 0 Å². The van der Waals surface area contributed by atoms with Crippen LogP contribution in [0, 0.1) is 18.6 Å². The predicted octanol–water partition coefficient (Wildman–Crippen LogP) is 5.09. The fourth-order valence-corrected chi connectivity index (χ4v) is 4.26. The van der Waals surface area contributed by atoms with Crippen LogP contribution in [0.4, 0.5) is 8.78 Å². The highest BCUT2D eigenvalue weighted by atomic mass is 79.9. The Morgan fingerprint density at radius 2 is 1.78 bits per heavy atom. The first-order chi connectivity index (χ1) is 8.40. The zero-order valence-corrected chi connectivity index (χ0v) is 13.0. The molecule has 1 aromatic heterocycles. The van der Waals surface area contributed by atoms with E-state index in [9.17, 15) is 13.6 Å². The van der Waals surface area contributed by atoms with Gasteiger partial charge >= 0.3 is 0 Å². The summed E-state index contributed by atoms with van der Waals surface area (Å²) in [4.78, 5) is 12.2. The number of aryl methyl sites for hydroxylation is 1. The van der Waals surface area contributed by atoms with Gasteiger partial charge in [0.2, 0.25) is 0 Å². The van der Waals surface area contributed by atoms with Crippen molar-refractivity contribution >= 4 is 49.0 Å². The number of ketones is 1. The van der Waals surface area contributed by atoms with Crippen molar-refractivity contribution in [3.63, 3.8) is 0 Å². The van der Waals surface area contributed by atoms with E-state index in [1.54, 1.807) is 6.07 Å². The molecule has 0 saturated heterocycles. The van der Waals surface area contributed by atoms with Crippen LogP contribution < -0.4 is 0 Å². The summed E-state index contributed by atoms with van der Waals surface area (Å²) in [6, 6.07) is 3.57. The van der Waals surface area contributed by atoms with Crippen molar-refractivity contribution in [2.24, 2.45) is 0 Å². The van der Waals surface area contributed by atoms with E-state index in [-0.39, 0.29) is 11.1 Å². The lowest BCUT2D eigenvalue weighted by atomic mass is 10.0. The Morgan fingerprint density at radius 1 is 1.11 bits per heavy atom. The number of carbonyl (C=O) groups is 1. The van der Waals surface area contributed by atoms with Crippen LogP contribution in [0.1, 0.15) is 21.5 Å². The minimum Gasteiger partial charge on any atom is -0.288 e. The van der Waals surface area contributed by atoms with Gasteiger partial charge in [0.15, 0.2) is 5.78 Å². The third-order valence-electron chi connectivity index (χ3n) is 2.39. The van der Waals surface area contributed by atoms with Gasteiger partial charge in [0.05, 0.1) is 13.1 Å². The number of hydrogen-bond donors (Lipinski definition) is 0. The van der Waals surface area contributed by atoms with Crippen molar-refractivity contribution in [2.45, 2.75) is 6.92 Å². The van der Waals surface area contributed by atoms with Crippen molar-refractivity contribution in [2.75, 3.05) is 0 Å². The smallest absolute Gasteiger partial charge is 0.198 e. The van der Waals surface area contributed by atoms with E-state index in [2.05, 4.69) is 31.9 Å². The molecule has 18 heavy (non-hydrogen) atoms. The Balaban J connectivity index is 2.53. The molecule has 0 unspecified atom stereocenters. The summed E-state index contributed by atoms with van der Waals surface area (Å²) < 4.78 is 28.1. The molecule has 0 atom stereocenters. The minimum atomic E-state index is -0.850. The van der Waals surface area contributed by atoms with E-state index in [0.29, 0.717) is 9.35 Å². The second-order valence-electron chi connectivity index (χ2n) is 3.65. The van der Waals surface area contributed by atoms with Gasteiger partial charge in [-0.1, -0.05) is 0 Å². The molecule has 1 aromatic carbocycles. The highest BCUT2D eigenvalue weighted by Crippen LogP contribution is 2.33. The van der Waals surface area contributed by atoms with Gasteiger partial charge in [0.25, 0.3) is 0 Å². The standard InChI is InChI=1S/C12H6Br2F2OS/c1-5-2-6(9(16)4-8(5)15)11(17)7-3-10(13)18-12(7)14/h2-4H,1H3. The highest BCUT2D eigenvalue weighted by molar-refractivity contribution is 9.12. The molecule has 6 heteroatoms. The monoisotopic (exact) mass is 394 g/mol. The number of thiophene rings is 1. The van der Waals surface area contributed by atoms with Crippen LogP contribution in [-0.4, -0.2) is 5.78 Å². The van der Waals surface area contributed by atoms with Gasteiger partial charge in [-0.3, -0.25) is 4.79 Å². The SMILES string of the molecule is Cc1cc(C(=O)c2cc(Br)sc2Br)c(F)cc1F. The third kappa shape index (κ3) is 2.55. The molecular weight excluding hydrogens is 390 g/mol. The first-order valence-electron chi connectivity index (χ1n) is 4.85. The Labute approximate surface area is 123 Å². The van der Waals surface area contributed by atoms with Gasteiger partial charge in [0, 0.05) is 11.6 Å². The van der Waals surface area contributed by atoms with E-state index in [1.165, 1.54) is 24.3 Å². The topological polar surface area (TPSA) is 17.1 Å². The molecule has 0 spiro atoms. The average molecular weight is 396 g/mol. The summed E-state index contributed by atoms with van der Waals surface area (Å²) in [7, 11) is 0. The summed E-state index contributed by atoms with van der Waals surface area (Å²) in [5.74, 6) is -1.98. The summed E-state index contributed by atoms with van der Waals surface area (Å²) >= 11 is 7.82. The van der Waals surface area contributed by atoms with Crippen LogP contribution in [0.3, 0.4) is 0 Å². The molecule has 0 amide bonds. The molecule has 0 aliphatic rings. The Morgan fingerprint density at radius 3 is 2.33 bits per heavy atom. The molecule has 0 bridgehead atoms. The van der Waals surface area contributed by atoms with Gasteiger partial charge in [-0.25, -0.2) is 8.78 Å². The second-order valence-corrected chi connectivity index (χ2v) is 7.40. The largest absolute Gasteiger partial charge is 0.288 e. The molecule has 1 nitrogen and oxygen atoms in total. The molecule has 0 N–H and O–H groups in total. The number of hydrogen-bond acceptors (Lipinski definition) is 2. The Hall–Kier alpha value is -0.590. The van der Waals surface area contributed by atoms with Crippen molar-refractivity contribution < 1.29 is 13.6 Å². The van der Waals surface area contributed by atoms with Crippen molar-refractivity contribution in [3.8, 4) is 0 Å². The molecule has 1 heterocycles. The molecule has 0 radical (unpaired) electrons. The lowest BCUT2D eigenvalue weighted by molar-refractivity contribution is 0.103. The molecule has 94 valence electrons. The predicted molar refractivity (Wildman–Crippen MR) is 74.2 cm³/mol. The zero-order valence-electron chi connectivity index (χ0n) is 9.06. The normalized spacial score (nSPS) is 10.7. The maximum absolute atomic E-state index is 13.6. The molecule has 0 fully saturated rings. The summed E-state index contributed by atoms with van der Waals surface area (Å²) in [5.41, 5.74) is 0.474. The van der Waals surface area contributed by atoms with Crippen LogP contribution in [0.5, 0.6) is 0 Å². The van der Waals surface area contributed by atoms with E-state index in [1.807, 2.05) is 0 Å². The Bertz CT molecular complexity index is 637. The van der Waals surface area contributed by atoms with Gasteiger partial charge in [0.1, 0.15) is 11.6 Å². The molecule has 0 saturated carbocycles. The first kappa shape index (κ1) is 13.8. The summed E-state index contributed by atoms with van der Waals surface area (Å²) in [6.45, 7) is 1.49. The van der Waals surface area contributed by atoms with Crippen molar-refractivity contribution in [1.82, 2.24) is 0 Å². The summed E-state index contributed by atoms with van der Waals surface area (Å²) in [5, 5.41) is 0. The third-order valence-corrected chi connectivity index (χ3v) is 4.73. The van der Waals surface area contributed by atoms with Gasteiger partial charge in [-0.05, 0) is 56.5 Å². The lowest BCUT2D eigenvalue weighted by Gasteiger charge is -2.04. The summed E-state index contributed by atoms with van der Waals surface area (Å²) in [6.07, 6.45) is 0. The first-order valence-corrected chi connectivity index (χ1v) is 7.25. The minimum absolute atomic E-state index is 0.125. The quantitative estimate of drug-likeness (QED) is 0.647. The van der Waals surface area contributed by atoms with E-state index >= 15 is 0 Å². The number of halogens is 4. The van der Waals surface area contributed by atoms with Crippen LogP contribution >= 0.6 is 43.2 Å². The number of rotatable bonds is 2. The van der Waals surface area contributed by atoms with E-state index in [4.69, 9.17) is 0 Å². The van der Waals surface area contributed by atoms with Crippen molar-refractivity contribution in [1.29, 1.82) is 0 Å². The van der Waals surface area contributed by atoms with Gasteiger partial charge < -0.3 is 0 Å². The average Bonchev–Trinajstić information content (AvgIpc) is 2.62. The molecule has 0 aliphatic carbocycles. The fraction of sp³-hybridized carbons (Fsp3) is 0.0833. The maximum atomic E-state index is 13.6. The highest BCUT2D eigenvalue weighted by Gasteiger charge is 2.20. The van der Waals surface area contributed by atoms with E-state index in [0.717, 1.165) is 9.85 Å². The second kappa shape index (κ2) is 5.19. The lowest BCUT2D eigenvalue weighted by Crippen LogP contribution is -2.05. The molecule has 2 aromatic rings. The van der Waals surface area contributed by atoms with Gasteiger partial charge in [-0.2, -0.15) is 0 Å². The Kier molecular flexibility index (Phi) is 3.99. The molecule has 0 aliphatic heterocycles. The number of carbonyl (C=O) groups excluding carboxylic acids is 1. The van der Waals surface area contributed by atoms with Gasteiger partial charge in [-0.15, -0.1) is 11.3 Å². The van der Waals surface area contributed by atoms with Crippen LogP contribution in [-0.2, 0) is 0 Å². The molecular formula is C12H6Br2F2OS. The maximum Gasteiger partial charge on any atom is 0.198 e. The fourth-order valence-electron chi connectivity index (χ4n) is 1.47. The van der Waals surface area contributed by atoms with Crippen LogP contribution in [0.15, 0.2) is 25.8 Å². The zero-order chi connectivity index (χ0) is 13.4. The molecule has 2 rings (SSSR count). The van der Waals surface area contributed by atoms with E-state index < -0.39 is 17.4 Å². The van der Waals surface area contributed by atoms with Crippen molar-refractivity contribution in [3.05, 3.63) is 54.1 Å². The van der Waals surface area contributed by atoms with Crippen LogP contribution in [0.25, 0.3) is 0 Å².